The molecule has 7 nitrogen and oxygen atoms in total. The second-order valence-corrected chi connectivity index (χ2v) is 10.5. The average Bonchev–Trinajstić information content (AvgIpc) is 2.81. The molecule has 2 N–H and O–H groups in total. The van der Waals surface area contributed by atoms with Crippen molar-refractivity contribution in [3.8, 4) is 0 Å². The van der Waals surface area contributed by atoms with E-state index >= 15 is 0 Å². The smallest absolute Gasteiger partial charge is 0.243 e. The molecule has 0 bridgehead atoms. The first-order valence-electron chi connectivity index (χ1n) is 11.1. The Bertz CT molecular complexity index is 1060. The van der Waals surface area contributed by atoms with E-state index in [2.05, 4.69) is 10.6 Å². The van der Waals surface area contributed by atoms with Crippen LogP contribution in [0.5, 0.6) is 0 Å². The number of halogens is 1. The number of amides is 2. The number of nitrogens with zero attached hydrogens (tertiary/aromatic N) is 1. The Morgan fingerprint density at radius 2 is 1.76 bits per heavy atom. The Morgan fingerprint density at radius 1 is 1.09 bits per heavy atom. The van der Waals surface area contributed by atoms with Gasteiger partial charge in [0.15, 0.2) is 0 Å². The number of rotatable bonds is 8. The molecule has 2 aromatic rings. The Morgan fingerprint density at radius 3 is 2.39 bits per heavy atom. The van der Waals surface area contributed by atoms with Gasteiger partial charge in [0.1, 0.15) is 11.9 Å². The Balaban J connectivity index is 1.63. The number of hydrogen-bond acceptors (Lipinski definition) is 4. The van der Waals surface area contributed by atoms with Gasteiger partial charge in [0.25, 0.3) is 0 Å². The minimum Gasteiger partial charge on any atom is -0.350 e. The molecule has 1 aliphatic heterocycles. The number of hydrogen-bond donors (Lipinski definition) is 2. The molecule has 0 saturated carbocycles. The van der Waals surface area contributed by atoms with Crippen LogP contribution in [0.2, 0.25) is 0 Å². The standard InChI is InChI=1S/C24H30FN3O4S/c1-17(2)22(24(30)26-15-18-7-4-3-5-8-18)27-23(29)19-9-6-14-28(16-19)33(31,32)21-12-10-20(25)11-13-21/h3-5,7-8,10-13,17,19,22H,6,9,14-16H2,1-2H3,(H,26,30)(H,27,29)/t19-,22+/m1/s1. The first kappa shape index (κ1) is 24.9. The van der Waals surface area contributed by atoms with Gasteiger partial charge in [-0.3, -0.25) is 9.59 Å². The van der Waals surface area contributed by atoms with Crippen molar-refractivity contribution in [2.24, 2.45) is 11.8 Å². The predicted octanol–water partition coefficient (Wildman–Crippen LogP) is 2.68. The van der Waals surface area contributed by atoms with Crippen molar-refractivity contribution < 1.29 is 22.4 Å². The van der Waals surface area contributed by atoms with Crippen molar-refractivity contribution in [3.05, 3.63) is 66.0 Å². The molecule has 2 amide bonds. The van der Waals surface area contributed by atoms with E-state index in [1.165, 1.54) is 16.4 Å². The van der Waals surface area contributed by atoms with Crippen LogP contribution in [0.1, 0.15) is 32.3 Å². The molecule has 0 spiro atoms. The third-order valence-electron chi connectivity index (χ3n) is 5.76. The molecule has 2 aromatic carbocycles. The first-order chi connectivity index (χ1) is 15.7. The quantitative estimate of drug-likeness (QED) is 0.614. The van der Waals surface area contributed by atoms with Crippen molar-refractivity contribution in [2.45, 2.75) is 44.2 Å². The number of nitrogens with one attached hydrogen (secondary N) is 2. The zero-order valence-electron chi connectivity index (χ0n) is 18.8. The fourth-order valence-corrected chi connectivity index (χ4v) is 5.36. The molecule has 0 unspecified atom stereocenters. The first-order valence-corrected chi connectivity index (χ1v) is 12.5. The lowest BCUT2D eigenvalue weighted by molar-refractivity contribution is -0.132. The van der Waals surface area contributed by atoms with E-state index in [9.17, 15) is 22.4 Å². The highest BCUT2D eigenvalue weighted by atomic mass is 32.2. The second kappa shape index (κ2) is 10.9. The van der Waals surface area contributed by atoms with E-state index in [0.29, 0.717) is 19.4 Å². The number of carbonyl (C=O) groups excluding carboxylic acids is 2. The van der Waals surface area contributed by atoms with Crippen LogP contribution in [-0.4, -0.2) is 43.7 Å². The van der Waals surface area contributed by atoms with Crippen molar-refractivity contribution in [3.63, 3.8) is 0 Å². The molecule has 33 heavy (non-hydrogen) atoms. The molecule has 0 aromatic heterocycles. The minimum atomic E-state index is -3.84. The molecule has 178 valence electrons. The molecule has 1 heterocycles. The third kappa shape index (κ3) is 6.39. The number of sulfonamides is 1. The van der Waals surface area contributed by atoms with Gasteiger partial charge >= 0.3 is 0 Å². The van der Waals surface area contributed by atoms with Crippen LogP contribution >= 0.6 is 0 Å². The molecule has 2 atom stereocenters. The summed E-state index contributed by atoms with van der Waals surface area (Å²) in [6, 6.07) is 13.4. The highest BCUT2D eigenvalue weighted by Crippen LogP contribution is 2.24. The van der Waals surface area contributed by atoms with Crippen LogP contribution in [0.4, 0.5) is 4.39 Å². The maximum absolute atomic E-state index is 13.2. The van der Waals surface area contributed by atoms with E-state index < -0.39 is 27.8 Å². The van der Waals surface area contributed by atoms with E-state index in [1.54, 1.807) is 0 Å². The fourth-order valence-electron chi connectivity index (χ4n) is 3.83. The lowest BCUT2D eigenvalue weighted by Gasteiger charge is -2.32. The normalized spacial score (nSPS) is 18.0. The van der Waals surface area contributed by atoms with Gasteiger partial charge in [0.05, 0.1) is 10.8 Å². The topological polar surface area (TPSA) is 95.6 Å². The van der Waals surface area contributed by atoms with Gasteiger partial charge in [-0.15, -0.1) is 0 Å². The lowest BCUT2D eigenvalue weighted by atomic mass is 9.96. The summed E-state index contributed by atoms with van der Waals surface area (Å²) in [5, 5.41) is 5.68. The maximum Gasteiger partial charge on any atom is 0.243 e. The average molecular weight is 476 g/mol. The summed E-state index contributed by atoms with van der Waals surface area (Å²) >= 11 is 0. The van der Waals surface area contributed by atoms with E-state index in [-0.39, 0.29) is 35.7 Å². The lowest BCUT2D eigenvalue weighted by Crippen LogP contribution is -2.53. The molecule has 3 rings (SSSR count). The molecular weight excluding hydrogens is 445 g/mol. The van der Waals surface area contributed by atoms with E-state index in [1.807, 2.05) is 44.2 Å². The van der Waals surface area contributed by atoms with Crippen molar-refractivity contribution in [2.75, 3.05) is 13.1 Å². The molecule has 1 fully saturated rings. The van der Waals surface area contributed by atoms with E-state index in [0.717, 1.165) is 17.7 Å². The fraction of sp³-hybridized carbons (Fsp3) is 0.417. The molecule has 1 aliphatic rings. The van der Waals surface area contributed by atoms with Crippen molar-refractivity contribution >= 4 is 21.8 Å². The Kier molecular flexibility index (Phi) is 8.20. The second-order valence-electron chi connectivity index (χ2n) is 8.59. The van der Waals surface area contributed by atoms with Crippen LogP contribution < -0.4 is 10.6 Å². The predicted molar refractivity (Wildman–Crippen MR) is 123 cm³/mol. The maximum atomic E-state index is 13.2. The van der Waals surface area contributed by atoms with Crippen LogP contribution in [0.25, 0.3) is 0 Å². The van der Waals surface area contributed by atoms with Gasteiger partial charge in [-0.25, -0.2) is 12.8 Å². The minimum absolute atomic E-state index is 0.00898. The summed E-state index contributed by atoms with van der Waals surface area (Å²) in [7, 11) is -3.84. The summed E-state index contributed by atoms with van der Waals surface area (Å²) in [6.45, 7) is 4.35. The van der Waals surface area contributed by atoms with Crippen LogP contribution in [0.15, 0.2) is 59.5 Å². The Labute approximate surface area is 194 Å². The molecule has 0 aliphatic carbocycles. The van der Waals surface area contributed by atoms with Crippen LogP contribution in [0, 0.1) is 17.7 Å². The van der Waals surface area contributed by atoms with E-state index in [4.69, 9.17) is 0 Å². The monoisotopic (exact) mass is 475 g/mol. The summed E-state index contributed by atoms with van der Waals surface area (Å²) in [5.74, 6) is -1.86. The zero-order valence-corrected chi connectivity index (χ0v) is 19.6. The van der Waals surface area contributed by atoms with Gasteiger partial charge in [0, 0.05) is 19.6 Å². The van der Waals surface area contributed by atoms with Crippen LogP contribution in [0.3, 0.4) is 0 Å². The zero-order chi connectivity index (χ0) is 24.0. The van der Waals surface area contributed by atoms with Crippen molar-refractivity contribution in [1.82, 2.24) is 14.9 Å². The SMILES string of the molecule is CC(C)[C@H](NC(=O)[C@@H]1CCCN(S(=O)(=O)c2ccc(F)cc2)C1)C(=O)NCc1ccccc1. The number of piperidine rings is 1. The Hall–Kier alpha value is -2.78. The molecular formula is C24H30FN3O4S. The summed E-state index contributed by atoms with van der Waals surface area (Å²) in [4.78, 5) is 25.7. The highest BCUT2D eigenvalue weighted by molar-refractivity contribution is 7.89. The summed E-state index contributed by atoms with van der Waals surface area (Å²) in [5.41, 5.74) is 0.952. The number of benzene rings is 2. The molecule has 1 saturated heterocycles. The van der Waals surface area contributed by atoms with Crippen LogP contribution in [-0.2, 0) is 26.2 Å². The number of carbonyl (C=O) groups is 2. The molecule has 0 radical (unpaired) electrons. The van der Waals surface area contributed by atoms with Gasteiger partial charge in [0.2, 0.25) is 21.8 Å². The van der Waals surface area contributed by atoms with Gasteiger partial charge < -0.3 is 10.6 Å². The van der Waals surface area contributed by atoms with Gasteiger partial charge in [-0.1, -0.05) is 44.2 Å². The third-order valence-corrected chi connectivity index (χ3v) is 7.64. The summed E-state index contributed by atoms with van der Waals surface area (Å²) in [6.07, 6.45) is 1.04. The van der Waals surface area contributed by atoms with Crippen molar-refractivity contribution in [1.29, 1.82) is 0 Å². The van der Waals surface area contributed by atoms with Gasteiger partial charge in [-0.05, 0) is 48.6 Å². The summed E-state index contributed by atoms with van der Waals surface area (Å²) < 4.78 is 40.3. The highest BCUT2D eigenvalue weighted by Gasteiger charge is 2.35. The largest absolute Gasteiger partial charge is 0.350 e. The molecule has 9 heteroatoms. The van der Waals surface area contributed by atoms with Gasteiger partial charge in [-0.2, -0.15) is 4.31 Å².